The summed E-state index contributed by atoms with van der Waals surface area (Å²) in [4.78, 5) is 9.15. The molecule has 0 heterocycles. The Morgan fingerprint density at radius 3 is 2.33 bits per heavy atom. The first kappa shape index (κ1) is 9.81. The first-order chi connectivity index (χ1) is 5.75. The van der Waals surface area contributed by atoms with Crippen LogP contribution in [0.25, 0.3) is 0 Å². The topological polar surface area (TPSA) is 18.5 Å². The van der Waals surface area contributed by atoms with Gasteiger partial charge in [0.05, 0.1) is 7.11 Å². The Balaban J connectivity index is 2.81. The van der Waals surface area contributed by atoms with E-state index in [-0.39, 0.29) is 6.61 Å². The molecule has 1 aromatic rings. The van der Waals surface area contributed by atoms with Crippen molar-refractivity contribution in [2.45, 2.75) is 6.61 Å². The van der Waals surface area contributed by atoms with Crippen molar-refractivity contribution in [2.75, 3.05) is 7.11 Å². The van der Waals surface area contributed by atoms with Crippen LogP contribution >= 0.6 is 23.2 Å². The molecule has 0 aliphatic carbocycles. The molecule has 0 aliphatic rings. The van der Waals surface area contributed by atoms with Crippen LogP contribution in [0.2, 0.25) is 10.0 Å². The predicted octanol–water partition coefficient (Wildman–Crippen LogP) is 3.07. The van der Waals surface area contributed by atoms with E-state index in [0.29, 0.717) is 10.0 Å². The number of rotatable bonds is 3. The van der Waals surface area contributed by atoms with Crippen molar-refractivity contribution in [3.8, 4) is 0 Å². The molecule has 0 saturated carbocycles. The number of benzene rings is 1. The number of hydrogen-bond acceptors (Lipinski definition) is 2. The first-order valence-electron chi connectivity index (χ1n) is 3.34. The molecule has 4 heteroatoms. The van der Waals surface area contributed by atoms with E-state index in [1.54, 1.807) is 18.2 Å². The van der Waals surface area contributed by atoms with E-state index in [1.807, 2.05) is 0 Å². The lowest BCUT2D eigenvalue weighted by Crippen LogP contribution is -1.93. The van der Waals surface area contributed by atoms with E-state index in [0.717, 1.165) is 5.56 Å². The maximum Gasteiger partial charge on any atom is 0.110 e. The minimum atomic E-state index is 0.259. The maximum absolute atomic E-state index is 5.85. The Kier molecular flexibility index (Phi) is 3.82. The second-order valence-electron chi connectivity index (χ2n) is 2.13. The highest BCUT2D eigenvalue weighted by Gasteiger charge is 2.04. The molecule has 0 fully saturated rings. The highest BCUT2D eigenvalue weighted by Crippen LogP contribution is 2.24. The monoisotopic (exact) mass is 206 g/mol. The smallest absolute Gasteiger partial charge is 0.110 e. The third-order valence-corrected chi connectivity index (χ3v) is 2.09. The molecule has 0 N–H and O–H groups in total. The molecular weight excluding hydrogens is 199 g/mol. The van der Waals surface area contributed by atoms with Gasteiger partial charge in [-0.1, -0.05) is 29.3 Å². The lowest BCUT2D eigenvalue weighted by molar-refractivity contribution is -0.282. The van der Waals surface area contributed by atoms with Gasteiger partial charge in [-0.2, -0.15) is 0 Å². The zero-order chi connectivity index (χ0) is 8.97. The van der Waals surface area contributed by atoms with Gasteiger partial charge in [0.15, 0.2) is 0 Å². The summed E-state index contributed by atoms with van der Waals surface area (Å²) in [6, 6.07) is 5.28. The zero-order valence-corrected chi connectivity index (χ0v) is 8.02. The Morgan fingerprint density at radius 1 is 1.25 bits per heavy atom. The van der Waals surface area contributed by atoms with Crippen LogP contribution in [-0.2, 0) is 16.4 Å². The van der Waals surface area contributed by atoms with Gasteiger partial charge in [0.2, 0.25) is 0 Å². The van der Waals surface area contributed by atoms with Crippen molar-refractivity contribution in [1.82, 2.24) is 0 Å². The third kappa shape index (κ3) is 2.35. The molecule has 12 heavy (non-hydrogen) atoms. The average molecular weight is 207 g/mol. The van der Waals surface area contributed by atoms with Crippen LogP contribution in [-0.4, -0.2) is 7.11 Å². The fourth-order valence-corrected chi connectivity index (χ4v) is 1.29. The van der Waals surface area contributed by atoms with Crippen LogP contribution in [0.15, 0.2) is 18.2 Å². The Hall–Kier alpha value is -0.280. The SMILES string of the molecule is COOCc1c(Cl)cccc1Cl. The van der Waals surface area contributed by atoms with Crippen molar-refractivity contribution in [1.29, 1.82) is 0 Å². The van der Waals surface area contributed by atoms with Gasteiger partial charge in [0.25, 0.3) is 0 Å². The summed E-state index contributed by atoms with van der Waals surface area (Å²) in [6.45, 7) is 0.259. The van der Waals surface area contributed by atoms with Crippen molar-refractivity contribution in [3.63, 3.8) is 0 Å². The highest BCUT2D eigenvalue weighted by molar-refractivity contribution is 6.35. The number of halogens is 2. The van der Waals surface area contributed by atoms with E-state index < -0.39 is 0 Å². The molecule has 0 amide bonds. The summed E-state index contributed by atoms with van der Waals surface area (Å²) < 4.78 is 0. The minimum Gasteiger partial charge on any atom is -0.240 e. The molecule has 66 valence electrons. The van der Waals surface area contributed by atoms with Gasteiger partial charge in [-0.3, -0.25) is 0 Å². The molecule has 0 aromatic heterocycles. The summed E-state index contributed by atoms with van der Waals surface area (Å²) in [6.07, 6.45) is 0. The van der Waals surface area contributed by atoms with Crippen molar-refractivity contribution in [3.05, 3.63) is 33.8 Å². The van der Waals surface area contributed by atoms with Gasteiger partial charge in [0, 0.05) is 15.6 Å². The van der Waals surface area contributed by atoms with Crippen LogP contribution in [0.4, 0.5) is 0 Å². The van der Waals surface area contributed by atoms with Crippen LogP contribution in [0, 0.1) is 0 Å². The molecule has 2 nitrogen and oxygen atoms in total. The molecule has 0 atom stereocenters. The predicted molar refractivity (Wildman–Crippen MR) is 48.3 cm³/mol. The Bertz CT molecular complexity index is 243. The third-order valence-electron chi connectivity index (χ3n) is 1.38. The molecular formula is C8H8Cl2O2. The molecule has 0 bridgehead atoms. The molecule has 0 unspecified atom stereocenters. The van der Waals surface area contributed by atoms with E-state index >= 15 is 0 Å². The summed E-state index contributed by atoms with van der Waals surface area (Å²) in [5.41, 5.74) is 0.739. The van der Waals surface area contributed by atoms with Crippen LogP contribution in [0.3, 0.4) is 0 Å². The molecule has 1 aromatic carbocycles. The first-order valence-corrected chi connectivity index (χ1v) is 4.10. The van der Waals surface area contributed by atoms with Crippen LogP contribution in [0.1, 0.15) is 5.56 Å². The molecule has 0 saturated heterocycles. The van der Waals surface area contributed by atoms with Crippen LogP contribution in [0.5, 0.6) is 0 Å². The van der Waals surface area contributed by atoms with Gasteiger partial charge >= 0.3 is 0 Å². The maximum atomic E-state index is 5.85. The lowest BCUT2D eigenvalue weighted by Gasteiger charge is -2.04. The summed E-state index contributed by atoms with van der Waals surface area (Å²) in [5, 5.41) is 1.17. The quantitative estimate of drug-likeness (QED) is 0.560. The normalized spacial score (nSPS) is 10.2. The van der Waals surface area contributed by atoms with Crippen molar-refractivity contribution >= 4 is 23.2 Å². The van der Waals surface area contributed by atoms with E-state index in [9.17, 15) is 0 Å². The minimum absolute atomic E-state index is 0.259. The fraction of sp³-hybridized carbons (Fsp3) is 0.250. The summed E-state index contributed by atoms with van der Waals surface area (Å²) >= 11 is 11.7. The summed E-state index contributed by atoms with van der Waals surface area (Å²) in [7, 11) is 1.44. The van der Waals surface area contributed by atoms with Crippen LogP contribution < -0.4 is 0 Å². The second-order valence-corrected chi connectivity index (χ2v) is 2.94. The van der Waals surface area contributed by atoms with Gasteiger partial charge in [-0.05, 0) is 12.1 Å². The molecule has 0 aliphatic heterocycles. The zero-order valence-electron chi connectivity index (χ0n) is 6.51. The van der Waals surface area contributed by atoms with Crippen molar-refractivity contribution in [2.24, 2.45) is 0 Å². The van der Waals surface area contributed by atoms with Gasteiger partial charge in [0.1, 0.15) is 6.61 Å². The average Bonchev–Trinajstić information content (AvgIpc) is 2.04. The van der Waals surface area contributed by atoms with E-state index in [1.165, 1.54) is 7.11 Å². The van der Waals surface area contributed by atoms with E-state index in [2.05, 4.69) is 4.89 Å². The molecule has 1 rings (SSSR count). The van der Waals surface area contributed by atoms with E-state index in [4.69, 9.17) is 28.1 Å². The second kappa shape index (κ2) is 4.67. The highest BCUT2D eigenvalue weighted by atomic mass is 35.5. The fourth-order valence-electron chi connectivity index (χ4n) is 0.788. The van der Waals surface area contributed by atoms with Gasteiger partial charge < -0.3 is 0 Å². The largest absolute Gasteiger partial charge is 0.240 e. The van der Waals surface area contributed by atoms with Gasteiger partial charge in [-0.25, -0.2) is 9.78 Å². The summed E-state index contributed by atoms with van der Waals surface area (Å²) in [5.74, 6) is 0. The van der Waals surface area contributed by atoms with Crippen molar-refractivity contribution < 1.29 is 9.78 Å². The van der Waals surface area contributed by atoms with Gasteiger partial charge in [-0.15, -0.1) is 0 Å². The Morgan fingerprint density at radius 2 is 1.83 bits per heavy atom. The Labute approximate surface area is 80.9 Å². The number of hydrogen-bond donors (Lipinski definition) is 0. The molecule has 0 spiro atoms. The lowest BCUT2D eigenvalue weighted by atomic mass is 10.2. The molecule has 0 radical (unpaired) electrons. The standard InChI is InChI=1S/C8H8Cl2O2/c1-11-12-5-6-7(9)3-2-4-8(6)10/h2-4H,5H2,1H3.